The van der Waals surface area contributed by atoms with Crippen molar-refractivity contribution in [3.63, 3.8) is 0 Å². The van der Waals surface area contributed by atoms with Crippen LogP contribution in [0.2, 0.25) is 0 Å². The number of hydrogen-bond donors (Lipinski definition) is 3. The monoisotopic (exact) mass is 404 g/mol. The van der Waals surface area contributed by atoms with E-state index >= 15 is 0 Å². The summed E-state index contributed by atoms with van der Waals surface area (Å²) in [5.41, 5.74) is -0.835. The Balaban J connectivity index is 1.67. The quantitative estimate of drug-likeness (QED) is 0.558. The first kappa shape index (κ1) is 20.4. The summed E-state index contributed by atoms with van der Waals surface area (Å²) in [7, 11) is 0. The lowest BCUT2D eigenvalue weighted by molar-refractivity contribution is -0.135. The molecule has 3 N–H and O–H groups in total. The van der Waals surface area contributed by atoms with Gasteiger partial charge in [-0.3, -0.25) is 19.3 Å². The highest BCUT2D eigenvalue weighted by Gasteiger charge is 2.50. The molecule has 10 heteroatoms. The van der Waals surface area contributed by atoms with E-state index in [0.717, 1.165) is 11.3 Å². The third-order valence-electron chi connectivity index (χ3n) is 4.85. The van der Waals surface area contributed by atoms with Gasteiger partial charge in [-0.15, -0.1) is 0 Å². The summed E-state index contributed by atoms with van der Waals surface area (Å²) in [6.45, 7) is 5.11. The van der Waals surface area contributed by atoms with Crippen LogP contribution >= 0.6 is 0 Å². The molecule has 10 nitrogen and oxygen atoms in total. The minimum atomic E-state index is -1.34. The number of carbonyl (C=O) groups is 4. The molecule has 5 amide bonds. The third-order valence-corrected chi connectivity index (χ3v) is 4.85. The highest BCUT2D eigenvalue weighted by atomic mass is 16.7. The van der Waals surface area contributed by atoms with Gasteiger partial charge in [-0.25, -0.2) is 4.79 Å². The molecule has 0 radical (unpaired) electrons. The fourth-order valence-electron chi connectivity index (χ4n) is 3.14. The minimum Gasteiger partial charge on any atom is -0.454 e. The number of nitrogens with zero attached hydrogens (tertiary/aromatic N) is 1. The van der Waals surface area contributed by atoms with Crippen molar-refractivity contribution in [2.24, 2.45) is 0 Å². The van der Waals surface area contributed by atoms with Crippen LogP contribution in [0.5, 0.6) is 11.5 Å². The van der Waals surface area contributed by atoms with E-state index in [1.54, 1.807) is 25.1 Å². The molecule has 2 heterocycles. The zero-order valence-electron chi connectivity index (χ0n) is 16.5. The molecular weight excluding hydrogens is 380 g/mol. The predicted molar refractivity (Wildman–Crippen MR) is 101 cm³/mol. The molecule has 29 heavy (non-hydrogen) atoms. The predicted octanol–water partition coefficient (Wildman–Crippen LogP) is 0.213. The van der Waals surface area contributed by atoms with Gasteiger partial charge in [0.1, 0.15) is 18.1 Å². The summed E-state index contributed by atoms with van der Waals surface area (Å²) in [5.74, 6) is -0.473. The van der Waals surface area contributed by atoms with Crippen LogP contribution in [0.4, 0.5) is 4.79 Å². The average Bonchev–Trinajstić information content (AvgIpc) is 3.24. The van der Waals surface area contributed by atoms with E-state index in [0.29, 0.717) is 23.6 Å². The number of amides is 5. The lowest BCUT2D eigenvalue weighted by atomic mass is 9.91. The second-order valence-corrected chi connectivity index (χ2v) is 7.09. The van der Waals surface area contributed by atoms with Gasteiger partial charge in [0.2, 0.25) is 18.6 Å². The Labute approximate surface area is 167 Å². The molecule has 0 aromatic heterocycles. The summed E-state index contributed by atoms with van der Waals surface area (Å²) < 4.78 is 10.6. The Kier molecular flexibility index (Phi) is 5.62. The van der Waals surface area contributed by atoms with E-state index in [1.807, 2.05) is 6.92 Å². The molecule has 2 atom stereocenters. The summed E-state index contributed by atoms with van der Waals surface area (Å²) in [6.07, 6.45) is 0.771. The highest BCUT2D eigenvalue weighted by molar-refractivity contribution is 6.09. The molecule has 1 fully saturated rings. The van der Waals surface area contributed by atoms with Crippen LogP contribution in [0.15, 0.2) is 18.2 Å². The molecule has 1 aromatic rings. The van der Waals surface area contributed by atoms with Crippen molar-refractivity contribution in [1.82, 2.24) is 20.9 Å². The van der Waals surface area contributed by atoms with Crippen LogP contribution in [0.25, 0.3) is 0 Å². The van der Waals surface area contributed by atoms with Gasteiger partial charge in [0, 0.05) is 6.54 Å². The van der Waals surface area contributed by atoms with Crippen molar-refractivity contribution >= 4 is 23.8 Å². The molecule has 1 aromatic carbocycles. The number of carbonyl (C=O) groups excluding carboxylic acids is 4. The lowest BCUT2D eigenvalue weighted by Gasteiger charge is -2.22. The normalized spacial score (nSPS) is 21.0. The summed E-state index contributed by atoms with van der Waals surface area (Å²) in [6, 6.07) is 3.48. The van der Waals surface area contributed by atoms with Crippen molar-refractivity contribution in [2.75, 3.05) is 19.9 Å². The first-order valence-electron chi connectivity index (χ1n) is 9.37. The van der Waals surface area contributed by atoms with Crippen molar-refractivity contribution in [3.8, 4) is 11.5 Å². The fourth-order valence-corrected chi connectivity index (χ4v) is 3.14. The summed E-state index contributed by atoms with van der Waals surface area (Å²) in [4.78, 5) is 50.3. The van der Waals surface area contributed by atoms with Crippen molar-refractivity contribution < 1.29 is 28.7 Å². The standard InChI is InChI=1S/C19H24N4O6/c1-4-7-20-16(25)11(2)21-15(24)9-23-17(26)19(3,22-18(23)27)12-5-6-13-14(8-12)29-10-28-13/h5-6,8,11H,4,7,9-10H2,1-3H3,(H,20,25)(H,21,24)(H,22,27)/t11-,19-/m0/s1. The number of rotatable bonds is 7. The Morgan fingerprint density at radius 3 is 2.72 bits per heavy atom. The molecule has 1 saturated heterocycles. The molecule has 0 aliphatic carbocycles. The number of ether oxygens (including phenoxy) is 2. The van der Waals surface area contributed by atoms with Crippen LogP contribution in [0.3, 0.4) is 0 Å². The minimum absolute atomic E-state index is 0.0894. The van der Waals surface area contributed by atoms with E-state index in [2.05, 4.69) is 16.0 Å². The molecule has 2 aliphatic rings. The molecular formula is C19H24N4O6. The molecule has 0 bridgehead atoms. The van der Waals surface area contributed by atoms with Gasteiger partial charge in [0.15, 0.2) is 11.5 Å². The van der Waals surface area contributed by atoms with E-state index in [9.17, 15) is 19.2 Å². The van der Waals surface area contributed by atoms with Gasteiger partial charge in [-0.2, -0.15) is 0 Å². The summed E-state index contributed by atoms with van der Waals surface area (Å²) >= 11 is 0. The van der Waals surface area contributed by atoms with Crippen LogP contribution in [-0.4, -0.2) is 54.6 Å². The molecule has 2 aliphatic heterocycles. The Hall–Kier alpha value is -3.30. The number of hydrogen-bond acceptors (Lipinski definition) is 6. The van der Waals surface area contributed by atoms with E-state index in [-0.39, 0.29) is 12.7 Å². The summed E-state index contributed by atoms with van der Waals surface area (Å²) in [5, 5.41) is 7.79. The van der Waals surface area contributed by atoms with Crippen molar-refractivity contribution in [2.45, 2.75) is 38.8 Å². The maximum atomic E-state index is 12.9. The Morgan fingerprint density at radius 2 is 2.00 bits per heavy atom. The van der Waals surface area contributed by atoms with Crippen LogP contribution in [0, 0.1) is 0 Å². The maximum Gasteiger partial charge on any atom is 0.325 e. The smallest absolute Gasteiger partial charge is 0.325 e. The number of urea groups is 1. The van der Waals surface area contributed by atoms with Crippen LogP contribution < -0.4 is 25.4 Å². The molecule has 0 saturated carbocycles. The van der Waals surface area contributed by atoms with E-state index in [4.69, 9.17) is 9.47 Å². The number of nitrogens with one attached hydrogen (secondary N) is 3. The van der Waals surface area contributed by atoms with Gasteiger partial charge in [-0.05, 0) is 38.0 Å². The number of fused-ring (bicyclic) bond motifs is 1. The lowest BCUT2D eigenvalue weighted by Crippen LogP contribution is -2.49. The van der Waals surface area contributed by atoms with E-state index in [1.165, 1.54) is 6.92 Å². The second-order valence-electron chi connectivity index (χ2n) is 7.09. The van der Waals surface area contributed by atoms with Crippen molar-refractivity contribution in [3.05, 3.63) is 23.8 Å². The molecule has 0 spiro atoms. The average molecular weight is 404 g/mol. The zero-order valence-corrected chi connectivity index (χ0v) is 16.5. The van der Waals surface area contributed by atoms with Gasteiger partial charge < -0.3 is 25.4 Å². The van der Waals surface area contributed by atoms with Crippen LogP contribution in [-0.2, 0) is 19.9 Å². The fraction of sp³-hybridized carbons (Fsp3) is 0.474. The SMILES string of the molecule is CCCNC(=O)[C@H](C)NC(=O)CN1C(=O)N[C@@](C)(c2ccc3c(c2)OCO3)C1=O. The van der Waals surface area contributed by atoms with Gasteiger partial charge >= 0.3 is 6.03 Å². The Bertz CT molecular complexity index is 857. The van der Waals surface area contributed by atoms with Crippen molar-refractivity contribution in [1.29, 1.82) is 0 Å². The second kappa shape index (κ2) is 7.98. The highest BCUT2D eigenvalue weighted by Crippen LogP contribution is 2.37. The number of imide groups is 1. The van der Waals surface area contributed by atoms with Crippen LogP contribution in [0.1, 0.15) is 32.8 Å². The van der Waals surface area contributed by atoms with E-state index < -0.39 is 36.0 Å². The molecule has 3 rings (SSSR count). The first-order valence-corrected chi connectivity index (χ1v) is 9.37. The van der Waals surface area contributed by atoms with Gasteiger partial charge in [0.25, 0.3) is 5.91 Å². The topological polar surface area (TPSA) is 126 Å². The largest absolute Gasteiger partial charge is 0.454 e. The first-order chi connectivity index (χ1) is 13.8. The van der Waals surface area contributed by atoms with Gasteiger partial charge in [-0.1, -0.05) is 13.0 Å². The maximum absolute atomic E-state index is 12.9. The van der Waals surface area contributed by atoms with Gasteiger partial charge in [0.05, 0.1) is 0 Å². The molecule has 156 valence electrons. The Morgan fingerprint density at radius 1 is 1.28 bits per heavy atom. The molecule has 0 unspecified atom stereocenters. The third kappa shape index (κ3) is 3.96. The number of benzene rings is 1. The zero-order chi connectivity index (χ0) is 21.2.